The molecule has 3 rings (SSSR count). The molecule has 1 aliphatic heterocycles. The molecule has 1 saturated heterocycles. The Morgan fingerprint density at radius 1 is 1.12 bits per heavy atom. The number of halogens is 1. The van der Waals surface area contributed by atoms with Crippen LogP contribution in [0.2, 0.25) is 5.02 Å². The molecule has 0 bridgehead atoms. The number of thiol groups is 1. The van der Waals surface area contributed by atoms with Gasteiger partial charge in [0, 0.05) is 62.0 Å². The van der Waals surface area contributed by atoms with Crippen LogP contribution in [0.3, 0.4) is 0 Å². The molecule has 9 nitrogen and oxygen atoms in total. The van der Waals surface area contributed by atoms with Gasteiger partial charge in [0.2, 0.25) is 0 Å². The quantitative estimate of drug-likeness (QED) is 0.174. The maximum absolute atomic E-state index is 13.2. The molecular formula is C29H39ClN4O5S. The maximum Gasteiger partial charge on any atom is 0.320 e. The first-order chi connectivity index (χ1) is 19.0. The lowest BCUT2D eigenvalue weighted by Crippen LogP contribution is -2.52. The second kappa shape index (κ2) is 14.8. The van der Waals surface area contributed by atoms with Crippen LogP contribution in [0, 0.1) is 0 Å². The largest absolute Gasteiger partial charge is 0.480 e. The SMILES string of the molecule is CC(C)OCCN(c1ccc(C(=O)N2CCN(CCc3ccc(Cl)cc3)CC2)cc1)C(S)(C=O)CC(N)C(=O)O. The van der Waals surface area contributed by atoms with E-state index >= 15 is 0 Å². The fourth-order valence-corrected chi connectivity index (χ4v) is 5.18. The van der Waals surface area contributed by atoms with Crippen molar-refractivity contribution < 1.29 is 24.2 Å². The average molecular weight is 591 g/mol. The summed E-state index contributed by atoms with van der Waals surface area (Å²) in [5.41, 5.74) is 8.14. The number of carboxylic acid groups (broad SMARTS) is 1. The summed E-state index contributed by atoms with van der Waals surface area (Å²) in [4.78, 5) is 41.2. The predicted octanol–water partition coefficient (Wildman–Crippen LogP) is 3.20. The average Bonchev–Trinajstić information content (AvgIpc) is 2.94. The standard InChI is InChI=1S/C29H39ClN4O5S/c1-21(2)39-18-17-34(29(40,20-35)19-26(31)28(37)38)25-9-5-23(6-10-25)27(36)33-15-13-32(14-16-33)12-11-22-3-7-24(30)8-4-22/h3-10,20-21,26,40H,11-19,31H2,1-2H3,(H,37,38). The topological polar surface area (TPSA) is 116 Å². The zero-order valence-corrected chi connectivity index (χ0v) is 24.7. The van der Waals surface area contributed by atoms with E-state index < -0.39 is 16.9 Å². The van der Waals surface area contributed by atoms with Crippen LogP contribution in [0.5, 0.6) is 0 Å². The van der Waals surface area contributed by atoms with Crippen LogP contribution in [-0.2, 0) is 20.7 Å². The molecule has 40 heavy (non-hydrogen) atoms. The van der Waals surface area contributed by atoms with E-state index in [9.17, 15) is 19.5 Å². The Bertz CT molecular complexity index is 1130. The van der Waals surface area contributed by atoms with Gasteiger partial charge in [0.25, 0.3) is 5.91 Å². The number of anilines is 1. The summed E-state index contributed by atoms with van der Waals surface area (Å²) in [6.07, 6.45) is 1.29. The summed E-state index contributed by atoms with van der Waals surface area (Å²) in [6.45, 7) is 8.16. The van der Waals surface area contributed by atoms with Gasteiger partial charge in [-0.15, -0.1) is 12.6 Å². The van der Waals surface area contributed by atoms with E-state index in [0.717, 1.165) is 31.1 Å². The molecule has 2 atom stereocenters. The minimum Gasteiger partial charge on any atom is -0.480 e. The first-order valence-electron chi connectivity index (χ1n) is 13.4. The van der Waals surface area contributed by atoms with Gasteiger partial charge in [-0.1, -0.05) is 23.7 Å². The molecule has 0 radical (unpaired) electrons. The van der Waals surface area contributed by atoms with Crippen LogP contribution < -0.4 is 10.6 Å². The Morgan fingerprint density at radius 3 is 2.30 bits per heavy atom. The monoisotopic (exact) mass is 590 g/mol. The molecule has 218 valence electrons. The summed E-state index contributed by atoms with van der Waals surface area (Å²) in [5.74, 6) is -1.27. The van der Waals surface area contributed by atoms with Gasteiger partial charge in [-0.25, -0.2) is 0 Å². The number of benzene rings is 2. The van der Waals surface area contributed by atoms with Crippen LogP contribution in [0.4, 0.5) is 5.69 Å². The van der Waals surface area contributed by atoms with Gasteiger partial charge in [-0.3, -0.25) is 19.3 Å². The zero-order chi connectivity index (χ0) is 29.3. The molecule has 2 unspecified atom stereocenters. The van der Waals surface area contributed by atoms with Gasteiger partial charge in [-0.2, -0.15) is 0 Å². The van der Waals surface area contributed by atoms with Crippen molar-refractivity contribution in [3.63, 3.8) is 0 Å². The van der Waals surface area contributed by atoms with Crippen LogP contribution in [0.25, 0.3) is 0 Å². The van der Waals surface area contributed by atoms with E-state index in [-0.39, 0.29) is 25.0 Å². The fourth-order valence-electron chi connectivity index (χ4n) is 4.64. The number of piperazine rings is 1. The molecule has 0 aromatic heterocycles. The number of nitrogens with zero attached hydrogens (tertiary/aromatic N) is 3. The summed E-state index contributed by atoms with van der Waals surface area (Å²) in [7, 11) is 0. The molecule has 0 saturated carbocycles. The zero-order valence-electron chi connectivity index (χ0n) is 23.0. The molecule has 0 spiro atoms. The van der Waals surface area contributed by atoms with Crippen molar-refractivity contribution in [2.45, 2.75) is 43.7 Å². The van der Waals surface area contributed by atoms with Crippen molar-refractivity contribution in [2.75, 3.05) is 50.8 Å². The van der Waals surface area contributed by atoms with Gasteiger partial charge < -0.3 is 25.4 Å². The van der Waals surface area contributed by atoms with Gasteiger partial charge in [0.15, 0.2) is 6.29 Å². The third-order valence-corrected chi connectivity index (χ3v) is 7.76. The first kappa shape index (κ1) is 31.9. The smallest absolute Gasteiger partial charge is 0.320 e. The molecule has 1 heterocycles. The molecule has 2 aromatic rings. The number of aliphatic carboxylic acids is 1. The van der Waals surface area contributed by atoms with Crippen molar-refractivity contribution in [2.24, 2.45) is 5.73 Å². The normalized spacial score (nSPS) is 16.4. The minimum absolute atomic E-state index is 0.0217. The number of carbonyl (C=O) groups excluding carboxylic acids is 2. The van der Waals surface area contributed by atoms with E-state index in [1.54, 1.807) is 29.2 Å². The van der Waals surface area contributed by atoms with Crippen molar-refractivity contribution in [1.29, 1.82) is 0 Å². The van der Waals surface area contributed by atoms with Gasteiger partial charge in [0.1, 0.15) is 10.9 Å². The highest BCUT2D eigenvalue weighted by Gasteiger charge is 2.37. The minimum atomic E-state index is -1.48. The third-order valence-electron chi connectivity index (χ3n) is 6.98. The Morgan fingerprint density at radius 2 is 1.75 bits per heavy atom. The van der Waals surface area contributed by atoms with E-state index in [4.69, 9.17) is 22.1 Å². The summed E-state index contributed by atoms with van der Waals surface area (Å²) in [6, 6.07) is 13.5. The van der Waals surface area contributed by atoms with E-state index in [2.05, 4.69) is 17.5 Å². The first-order valence-corrected chi connectivity index (χ1v) is 14.3. The van der Waals surface area contributed by atoms with Gasteiger partial charge in [0.05, 0.1) is 12.7 Å². The van der Waals surface area contributed by atoms with E-state index in [1.807, 2.05) is 43.0 Å². The highest BCUT2D eigenvalue weighted by Crippen LogP contribution is 2.30. The molecule has 1 fully saturated rings. The lowest BCUT2D eigenvalue weighted by molar-refractivity contribution is -0.138. The summed E-state index contributed by atoms with van der Waals surface area (Å²) < 4.78 is 5.67. The number of carbonyl (C=O) groups is 3. The highest BCUT2D eigenvalue weighted by atomic mass is 35.5. The third kappa shape index (κ3) is 8.94. The molecule has 11 heteroatoms. The number of aldehydes is 1. The van der Waals surface area contributed by atoms with Crippen LogP contribution in [-0.4, -0.2) is 96.0 Å². The summed E-state index contributed by atoms with van der Waals surface area (Å²) in [5, 5.41) is 10.0. The van der Waals surface area contributed by atoms with Crippen molar-refractivity contribution in [1.82, 2.24) is 9.80 Å². The molecule has 1 aliphatic rings. The molecular weight excluding hydrogens is 552 g/mol. The van der Waals surface area contributed by atoms with Crippen molar-refractivity contribution in [3.05, 3.63) is 64.7 Å². The van der Waals surface area contributed by atoms with Crippen LogP contribution >= 0.6 is 24.2 Å². The number of amides is 1. The Hall–Kier alpha value is -2.63. The molecule has 2 aromatic carbocycles. The second-order valence-electron chi connectivity index (χ2n) is 10.3. The van der Waals surface area contributed by atoms with E-state index in [0.29, 0.717) is 37.2 Å². The number of hydrogen-bond acceptors (Lipinski definition) is 8. The number of hydrogen-bond donors (Lipinski definition) is 3. The fraction of sp³-hybridized carbons (Fsp3) is 0.483. The van der Waals surface area contributed by atoms with E-state index in [1.165, 1.54) is 5.56 Å². The second-order valence-corrected chi connectivity index (χ2v) is 11.5. The van der Waals surface area contributed by atoms with Crippen LogP contribution in [0.1, 0.15) is 36.2 Å². The van der Waals surface area contributed by atoms with Crippen molar-refractivity contribution >= 4 is 48.1 Å². The molecule has 3 N–H and O–H groups in total. The van der Waals surface area contributed by atoms with Crippen LogP contribution in [0.15, 0.2) is 48.5 Å². The number of rotatable bonds is 14. The molecule has 0 aliphatic carbocycles. The lowest BCUT2D eigenvalue weighted by atomic mass is 10.0. The predicted molar refractivity (Wildman–Crippen MR) is 160 cm³/mol. The number of nitrogens with two attached hydrogens (primary N) is 1. The maximum atomic E-state index is 13.2. The Labute approximate surface area is 246 Å². The Balaban J connectivity index is 1.64. The summed E-state index contributed by atoms with van der Waals surface area (Å²) >= 11 is 10.5. The number of carboxylic acids is 1. The molecule has 1 amide bonds. The van der Waals surface area contributed by atoms with Gasteiger partial charge in [-0.05, 0) is 62.2 Å². The van der Waals surface area contributed by atoms with Crippen molar-refractivity contribution in [3.8, 4) is 0 Å². The number of ether oxygens (including phenoxy) is 1. The highest BCUT2D eigenvalue weighted by molar-refractivity contribution is 7.82. The Kier molecular flexibility index (Phi) is 11.8. The lowest BCUT2D eigenvalue weighted by Gasteiger charge is -2.39. The van der Waals surface area contributed by atoms with Gasteiger partial charge >= 0.3 is 5.97 Å².